The molecule has 0 aliphatic heterocycles. The highest BCUT2D eigenvalue weighted by Crippen LogP contribution is 2.27. The summed E-state index contributed by atoms with van der Waals surface area (Å²) in [6, 6.07) is 11.2. The Morgan fingerprint density at radius 2 is 1.93 bits per heavy atom. The van der Waals surface area contributed by atoms with Gasteiger partial charge in [-0.2, -0.15) is 0 Å². The molecule has 0 saturated heterocycles. The van der Waals surface area contributed by atoms with Crippen LogP contribution < -0.4 is 10.5 Å². The summed E-state index contributed by atoms with van der Waals surface area (Å²) in [6.45, 7) is 0. The second-order valence-electron chi connectivity index (χ2n) is 3.23. The van der Waals surface area contributed by atoms with Crippen molar-refractivity contribution in [1.82, 2.24) is 0 Å². The smallest absolute Gasteiger partial charge is 0.253 e. The number of benzene rings is 2. The van der Waals surface area contributed by atoms with E-state index in [1.807, 2.05) is 30.3 Å². The second-order valence-corrected chi connectivity index (χ2v) is 3.23. The predicted molar refractivity (Wildman–Crippen MR) is 59.0 cm³/mol. The molecule has 0 atom stereocenters. The molecule has 15 heavy (non-hydrogen) atoms. The standard InChI is InChI=1S/C12H11NO2/c1-15-10-7-6-8-4-2-3-5-9(8)11(10)12(13)14/h2-7H,1H3,(H2,13,14). The van der Waals surface area contributed by atoms with Gasteiger partial charge in [-0.3, -0.25) is 4.79 Å². The predicted octanol–water partition coefficient (Wildman–Crippen LogP) is 1.95. The fraction of sp³-hybridized carbons (Fsp3) is 0.0833. The Labute approximate surface area is 87.5 Å². The number of rotatable bonds is 2. The minimum atomic E-state index is -0.469. The van der Waals surface area contributed by atoms with Gasteiger partial charge in [0, 0.05) is 0 Å². The highest BCUT2D eigenvalue weighted by molar-refractivity contribution is 6.08. The van der Waals surface area contributed by atoms with E-state index in [1.54, 1.807) is 6.07 Å². The number of amides is 1. The molecule has 0 fully saturated rings. The van der Waals surface area contributed by atoms with Crippen molar-refractivity contribution in [3.63, 3.8) is 0 Å². The van der Waals surface area contributed by atoms with E-state index < -0.39 is 5.91 Å². The van der Waals surface area contributed by atoms with Gasteiger partial charge in [0.2, 0.25) is 0 Å². The Morgan fingerprint density at radius 3 is 2.60 bits per heavy atom. The van der Waals surface area contributed by atoms with Crippen molar-refractivity contribution in [2.75, 3.05) is 7.11 Å². The number of hydrogen-bond acceptors (Lipinski definition) is 2. The van der Waals surface area contributed by atoms with Gasteiger partial charge in [-0.25, -0.2) is 0 Å². The average molecular weight is 201 g/mol. The van der Waals surface area contributed by atoms with Crippen LogP contribution in [-0.4, -0.2) is 13.0 Å². The number of primary amides is 1. The van der Waals surface area contributed by atoms with Crippen molar-refractivity contribution in [1.29, 1.82) is 0 Å². The third-order valence-corrected chi connectivity index (χ3v) is 2.36. The van der Waals surface area contributed by atoms with Gasteiger partial charge in [-0.15, -0.1) is 0 Å². The zero-order chi connectivity index (χ0) is 10.8. The molecule has 3 heteroatoms. The molecule has 1 amide bonds. The number of nitrogens with two attached hydrogens (primary N) is 1. The maximum Gasteiger partial charge on any atom is 0.253 e. The lowest BCUT2D eigenvalue weighted by Gasteiger charge is -2.08. The number of methoxy groups -OCH3 is 1. The molecule has 2 aromatic carbocycles. The van der Waals surface area contributed by atoms with Gasteiger partial charge >= 0.3 is 0 Å². The Bertz CT molecular complexity index is 520. The van der Waals surface area contributed by atoms with Gasteiger partial charge in [-0.1, -0.05) is 30.3 Å². The molecule has 3 nitrogen and oxygen atoms in total. The topological polar surface area (TPSA) is 52.3 Å². The van der Waals surface area contributed by atoms with Crippen LogP contribution in [0.3, 0.4) is 0 Å². The van der Waals surface area contributed by atoms with Gasteiger partial charge < -0.3 is 10.5 Å². The van der Waals surface area contributed by atoms with Gasteiger partial charge in [0.15, 0.2) is 0 Å². The Morgan fingerprint density at radius 1 is 1.20 bits per heavy atom. The van der Waals surface area contributed by atoms with Crippen LogP contribution in [0, 0.1) is 0 Å². The molecule has 0 heterocycles. The van der Waals surface area contributed by atoms with Crippen molar-refractivity contribution in [3.8, 4) is 5.75 Å². The van der Waals surface area contributed by atoms with Crippen LogP contribution in [0.15, 0.2) is 36.4 Å². The van der Waals surface area contributed by atoms with E-state index in [0.717, 1.165) is 10.8 Å². The average Bonchev–Trinajstić information content (AvgIpc) is 2.27. The summed E-state index contributed by atoms with van der Waals surface area (Å²) < 4.78 is 5.11. The Hall–Kier alpha value is -2.03. The highest BCUT2D eigenvalue weighted by Gasteiger charge is 2.12. The van der Waals surface area contributed by atoms with E-state index in [4.69, 9.17) is 10.5 Å². The van der Waals surface area contributed by atoms with Crippen LogP contribution in [-0.2, 0) is 0 Å². The third kappa shape index (κ3) is 1.52. The molecule has 0 saturated carbocycles. The summed E-state index contributed by atoms with van der Waals surface area (Å²) >= 11 is 0. The van der Waals surface area contributed by atoms with Gasteiger partial charge in [0.25, 0.3) is 5.91 Å². The molecule has 0 radical (unpaired) electrons. The highest BCUT2D eigenvalue weighted by atomic mass is 16.5. The largest absolute Gasteiger partial charge is 0.496 e. The first-order chi connectivity index (χ1) is 7.24. The van der Waals surface area contributed by atoms with Crippen LogP contribution in [0.25, 0.3) is 10.8 Å². The summed E-state index contributed by atoms with van der Waals surface area (Å²) in [6.07, 6.45) is 0. The zero-order valence-corrected chi connectivity index (χ0v) is 8.36. The van der Waals surface area contributed by atoms with Crippen molar-refractivity contribution in [2.24, 2.45) is 5.73 Å². The molecular formula is C12H11NO2. The first kappa shape index (κ1) is 9.52. The lowest BCUT2D eigenvalue weighted by atomic mass is 10.0. The number of ether oxygens (including phenoxy) is 1. The monoisotopic (exact) mass is 201 g/mol. The van der Waals surface area contributed by atoms with Crippen molar-refractivity contribution < 1.29 is 9.53 Å². The Balaban J connectivity index is 2.85. The molecule has 0 unspecified atom stereocenters. The summed E-state index contributed by atoms with van der Waals surface area (Å²) in [5, 5.41) is 1.80. The minimum absolute atomic E-state index is 0.440. The number of hydrogen-bond donors (Lipinski definition) is 1. The molecule has 0 bridgehead atoms. The van der Waals surface area contributed by atoms with E-state index in [0.29, 0.717) is 11.3 Å². The van der Waals surface area contributed by atoms with Crippen molar-refractivity contribution >= 4 is 16.7 Å². The van der Waals surface area contributed by atoms with Crippen LogP contribution >= 0.6 is 0 Å². The molecule has 0 aliphatic rings. The van der Waals surface area contributed by atoms with Gasteiger partial charge in [0.05, 0.1) is 12.7 Å². The molecule has 2 rings (SSSR count). The Kier molecular flexibility index (Phi) is 2.29. The molecule has 76 valence electrons. The van der Waals surface area contributed by atoms with Crippen LogP contribution in [0.5, 0.6) is 5.75 Å². The maximum atomic E-state index is 11.3. The molecule has 2 N–H and O–H groups in total. The van der Waals surface area contributed by atoms with E-state index in [1.165, 1.54) is 7.11 Å². The maximum absolute atomic E-state index is 11.3. The first-order valence-corrected chi connectivity index (χ1v) is 4.59. The molecule has 0 aromatic heterocycles. The van der Waals surface area contributed by atoms with Crippen LogP contribution in [0.4, 0.5) is 0 Å². The summed E-state index contributed by atoms with van der Waals surface area (Å²) in [5.41, 5.74) is 5.78. The minimum Gasteiger partial charge on any atom is -0.496 e. The summed E-state index contributed by atoms with van der Waals surface area (Å²) in [5.74, 6) is 0.0462. The molecule has 0 spiro atoms. The normalized spacial score (nSPS) is 10.2. The summed E-state index contributed by atoms with van der Waals surface area (Å²) in [7, 11) is 1.52. The fourth-order valence-electron chi connectivity index (χ4n) is 1.68. The van der Waals surface area contributed by atoms with E-state index in [-0.39, 0.29) is 0 Å². The SMILES string of the molecule is COc1ccc2ccccc2c1C(N)=O. The van der Waals surface area contributed by atoms with Crippen LogP contribution in [0.2, 0.25) is 0 Å². The fourth-order valence-corrected chi connectivity index (χ4v) is 1.68. The number of carbonyl (C=O) groups excluding carboxylic acids is 1. The quantitative estimate of drug-likeness (QED) is 0.807. The molecule has 0 aliphatic carbocycles. The van der Waals surface area contributed by atoms with Crippen molar-refractivity contribution in [3.05, 3.63) is 42.0 Å². The number of carbonyl (C=O) groups is 1. The zero-order valence-electron chi connectivity index (χ0n) is 8.36. The lowest BCUT2D eigenvalue weighted by molar-refractivity contribution is 0.0999. The van der Waals surface area contributed by atoms with E-state index >= 15 is 0 Å². The van der Waals surface area contributed by atoms with Crippen LogP contribution in [0.1, 0.15) is 10.4 Å². The second kappa shape index (κ2) is 3.61. The van der Waals surface area contributed by atoms with Crippen molar-refractivity contribution in [2.45, 2.75) is 0 Å². The molecular weight excluding hydrogens is 190 g/mol. The third-order valence-electron chi connectivity index (χ3n) is 2.36. The first-order valence-electron chi connectivity index (χ1n) is 4.59. The lowest BCUT2D eigenvalue weighted by Crippen LogP contribution is -2.13. The number of fused-ring (bicyclic) bond motifs is 1. The van der Waals surface area contributed by atoms with E-state index in [9.17, 15) is 4.79 Å². The summed E-state index contributed by atoms with van der Waals surface area (Å²) in [4.78, 5) is 11.3. The van der Waals surface area contributed by atoms with E-state index in [2.05, 4.69) is 0 Å². The van der Waals surface area contributed by atoms with Gasteiger partial charge in [0.1, 0.15) is 5.75 Å². The van der Waals surface area contributed by atoms with Gasteiger partial charge in [-0.05, 0) is 16.8 Å². The molecule has 2 aromatic rings.